The molecular formula is C20H23N3O4. The Morgan fingerprint density at radius 2 is 2.00 bits per heavy atom. The predicted octanol–water partition coefficient (Wildman–Crippen LogP) is 2.86. The van der Waals surface area contributed by atoms with Gasteiger partial charge in [-0.1, -0.05) is 19.1 Å². The van der Waals surface area contributed by atoms with Gasteiger partial charge < -0.3 is 15.1 Å². The van der Waals surface area contributed by atoms with Crippen LogP contribution < -0.4 is 10.6 Å². The van der Waals surface area contributed by atoms with Gasteiger partial charge in [0.05, 0.1) is 0 Å². The molecule has 0 bridgehead atoms. The second-order valence-corrected chi connectivity index (χ2v) is 6.88. The van der Waals surface area contributed by atoms with E-state index in [1.807, 2.05) is 25.1 Å². The molecule has 4 amide bonds. The van der Waals surface area contributed by atoms with E-state index in [-0.39, 0.29) is 6.54 Å². The summed E-state index contributed by atoms with van der Waals surface area (Å²) in [5, 5.41) is 5.42. The fraction of sp³-hybridized carbons (Fsp3) is 0.350. The van der Waals surface area contributed by atoms with Gasteiger partial charge in [0.1, 0.15) is 23.6 Å². The van der Waals surface area contributed by atoms with Gasteiger partial charge in [-0.15, -0.1) is 0 Å². The zero-order valence-corrected chi connectivity index (χ0v) is 15.9. The van der Waals surface area contributed by atoms with Crippen molar-refractivity contribution in [1.29, 1.82) is 0 Å². The molecule has 2 N–H and O–H groups in total. The highest BCUT2D eigenvalue weighted by Gasteiger charge is 2.51. The molecule has 0 radical (unpaired) electrons. The predicted molar refractivity (Wildman–Crippen MR) is 100 cm³/mol. The van der Waals surface area contributed by atoms with Crippen LogP contribution in [0.15, 0.2) is 34.7 Å². The van der Waals surface area contributed by atoms with Crippen molar-refractivity contribution < 1.29 is 18.8 Å². The third-order valence-electron chi connectivity index (χ3n) is 4.78. The first kappa shape index (κ1) is 18.7. The van der Waals surface area contributed by atoms with Gasteiger partial charge >= 0.3 is 6.03 Å². The SMILES string of the molecule is CCc1cccc(NC(=O)CN2C(=O)NC(C)(c3cc(C)oc3C)C2=O)c1. The molecule has 3 rings (SSSR count). The number of urea groups is 1. The average molecular weight is 369 g/mol. The molecule has 1 unspecified atom stereocenters. The number of furan rings is 1. The van der Waals surface area contributed by atoms with Crippen LogP contribution in [0.4, 0.5) is 10.5 Å². The van der Waals surface area contributed by atoms with Crippen molar-refractivity contribution in [2.75, 3.05) is 11.9 Å². The molecule has 2 aromatic rings. The van der Waals surface area contributed by atoms with Crippen molar-refractivity contribution >= 4 is 23.5 Å². The van der Waals surface area contributed by atoms with Crippen LogP contribution in [0.2, 0.25) is 0 Å². The number of anilines is 1. The van der Waals surface area contributed by atoms with Crippen molar-refractivity contribution in [1.82, 2.24) is 10.2 Å². The number of carbonyl (C=O) groups excluding carboxylic acids is 3. The van der Waals surface area contributed by atoms with E-state index in [0.717, 1.165) is 16.9 Å². The molecule has 1 fully saturated rings. The number of rotatable bonds is 5. The van der Waals surface area contributed by atoms with E-state index in [2.05, 4.69) is 10.6 Å². The first-order chi connectivity index (χ1) is 12.7. The standard InChI is InChI=1S/C20H23N3O4/c1-5-14-7-6-8-15(10-14)21-17(24)11-23-18(25)20(4,22-19(23)26)16-9-12(2)27-13(16)3/h6-10H,5,11H2,1-4H3,(H,21,24)(H,22,26). The Bertz CT molecular complexity index is 918. The Kier molecular flexibility index (Phi) is 4.78. The quantitative estimate of drug-likeness (QED) is 0.793. The number of imide groups is 1. The lowest BCUT2D eigenvalue weighted by Gasteiger charge is -2.21. The van der Waals surface area contributed by atoms with E-state index in [4.69, 9.17) is 4.42 Å². The topological polar surface area (TPSA) is 91.7 Å². The van der Waals surface area contributed by atoms with E-state index >= 15 is 0 Å². The van der Waals surface area contributed by atoms with Crippen LogP contribution in [0.25, 0.3) is 0 Å². The largest absolute Gasteiger partial charge is 0.466 e. The summed E-state index contributed by atoms with van der Waals surface area (Å²) < 4.78 is 5.49. The fourth-order valence-corrected chi connectivity index (χ4v) is 3.36. The Balaban J connectivity index is 1.75. The molecule has 0 spiro atoms. The van der Waals surface area contributed by atoms with Gasteiger partial charge in [-0.2, -0.15) is 0 Å². The highest BCUT2D eigenvalue weighted by atomic mass is 16.3. The van der Waals surface area contributed by atoms with Crippen molar-refractivity contribution in [2.24, 2.45) is 0 Å². The lowest BCUT2D eigenvalue weighted by atomic mass is 9.92. The molecular weight excluding hydrogens is 346 g/mol. The second kappa shape index (κ2) is 6.90. The highest BCUT2D eigenvalue weighted by Crippen LogP contribution is 2.32. The summed E-state index contributed by atoms with van der Waals surface area (Å²) in [5.74, 6) is 0.300. The molecule has 7 nitrogen and oxygen atoms in total. The summed E-state index contributed by atoms with van der Waals surface area (Å²) >= 11 is 0. The maximum absolute atomic E-state index is 12.9. The Hall–Kier alpha value is -3.09. The maximum Gasteiger partial charge on any atom is 0.325 e. The molecule has 1 aliphatic rings. The molecule has 1 aliphatic heterocycles. The van der Waals surface area contributed by atoms with Crippen LogP contribution in [0.1, 0.15) is 36.5 Å². The highest BCUT2D eigenvalue weighted by molar-refractivity contribution is 6.10. The molecule has 1 aromatic carbocycles. The van der Waals surface area contributed by atoms with Gasteiger partial charge in [0.15, 0.2) is 0 Å². The number of aryl methyl sites for hydroxylation is 3. The summed E-state index contributed by atoms with van der Waals surface area (Å²) in [4.78, 5) is 38.6. The normalized spacial score (nSPS) is 19.3. The Morgan fingerprint density at radius 3 is 2.63 bits per heavy atom. The molecule has 1 saturated heterocycles. The summed E-state index contributed by atoms with van der Waals surface area (Å²) in [6, 6.07) is 8.58. The summed E-state index contributed by atoms with van der Waals surface area (Å²) in [5.41, 5.74) is 1.06. The molecule has 1 atom stereocenters. The van der Waals surface area contributed by atoms with Crippen LogP contribution in [0, 0.1) is 13.8 Å². The minimum absolute atomic E-state index is 0.355. The van der Waals surface area contributed by atoms with Gasteiger partial charge in [-0.05, 0) is 51.0 Å². The van der Waals surface area contributed by atoms with E-state index in [9.17, 15) is 14.4 Å². The number of amides is 4. The van der Waals surface area contributed by atoms with Gasteiger partial charge in [-0.3, -0.25) is 14.5 Å². The van der Waals surface area contributed by atoms with Crippen molar-refractivity contribution in [3.05, 3.63) is 53.0 Å². The van der Waals surface area contributed by atoms with Gasteiger partial charge in [-0.25, -0.2) is 4.79 Å². The minimum Gasteiger partial charge on any atom is -0.466 e. The van der Waals surface area contributed by atoms with Crippen molar-refractivity contribution in [3.63, 3.8) is 0 Å². The molecule has 7 heteroatoms. The molecule has 27 heavy (non-hydrogen) atoms. The van der Waals surface area contributed by atoms with Crippen molar-refractivity contribution in [2.45, 2.75) is 39.7 Å². The van der Waals surface area contributed by atoms with Crippen LogP contribution >= 0.6 is 0 Å². The van der Waals surface area contributed by atoms with E-state index < -0.39 is 23.4 Å². The fourth-order valence-electron chi connectivity index (χ4n) is 3.36. The summed E-state index contributed by atoms with van der Waals surface area (Å²) in [6.45, 7) is 6.80. The third kappa shape index (κ3) is 3.45. The Labute approximate surface area is 157 Å². The summed E-state index contributed by atoms with van der Waals surface area (Å²) in [6.07, 6.45) is 0.846. The zero-order valence-electron chi connectivity index (χ0n) is 15.9. The monoisotopic (exact) mass is 369 g/mol. The zero-order chi connectivity index (χ0) is 19.8. The number of carbonyl (C=O) groups is 3. The van der Waals surface area contributed by atoms with Crippen LogP contribution in [-0.2, 0) is 21.5 Å². The molecule has 2 heterocycles. The van der Waals surface area contributed by atoms with Gasteiger partial charge in [0.2, 0.25) is 5.91 Å². The van der Waals surface area contributed by atoms with E-state index in [1.165, 1.54) is 0 Å². The van der Waals surface area contributed by atoms with Crippen molar-refractivity contribution in [3.8, 4) is 0 Å². The second-order valence-electron chi connectivity index (χ2n) is 6.88. The number of benzene rings is 1. The molecule has 0 aliphatic carbocycles. The molecule has 0 saturated carbocycles. The minimum atomic E-state index is -1.25. The smallest absolute Gasteiger partial charge is 0.325 e. The van der Waals surface area contributed by atoms with E-state index in [1.54, 1.807) is 32.9 Å². The maximum atomic E-state index is 12.9. The number of hydrogen-bond acceptors (Lipinski definition) is 4. The Morgan fingerprint density at radius 1 is 1.26 bits per heavy atom. The van der Waals surface area contributed by atoms with Crippen LogP contribution in [0.3, 0.4) is 0 Å². The summed E-state index contributed by atoms with van der Waals surface area (Å²) in [7, 11) is 0. The van der Waals surface area contributed by atoms with Crippen LogP contribution in [-0.4, -0.2) is 29.3 Å². The number of hydrogen-bond donors (Lipinski definition) is 2. The molecule has 142 valence electrons. The van der Waals surface area contributed by atoms with Crippen LogP contribution in [0.5, 0.6) is 0 Å². The number of nitrogens with one attached hydrogen (secondary N) is 2. The first-order valence-electron chi connectivity index (χ1n) is 8.85. The lowest BCUT2D eigenvalue weighted by molar-refractivity contribution is -0.133. The molecule has 1 aromatic heterocycles. The first-order valence-corrected chi connectivity index (χ1v) is 8.85. The van der Waals surface area contributed by atoms with Gasteiger partial charge in [0, 0.05) is 11.3 Å². The van der Waals surface area contributed by atoms with E-state index in [0.29, 0.717) is 22.8 Å². The third-order valence-corrected chi connectivity index (χ3v) is 4.78. The lowest BCUT2D eigenvalue weighted by Crippen LogP contribution is -2.42. The number of nitrogens with zero attached hydrogens (tertiary/aromatic N) is 1. The average Bonchev–Trinajstić information content (AvgIpc) is 3.07. The van der Waals surface area contributed by atoms with Gasteiger partial charge in [0.25, 0.3) is 5.91 Å².